The molecular weight excluding hydrogens is 490 g/mol. The van der Waals surface area contributed by atoms with E-state index in [1.54, 1.807) is 23.8 Å². The summed E-state index contributed by atoms with van der Waals surface area (Å²) in [7, 11) is 0. The quantitative estimate of drug-likeness (QED) is 0.129. The first-order valence-corrected chi connectivity index (χ1v) is 15.5. The highest BCUT2D eigenvalue weighted by atomic mass is 32.1. The molecule has 0 unspecified atom stereocenters. The standard InChI is InChI=1S/C32H47N3O2S/c1-5-6-7-8-9-10-11-12-13-14-15-16-17-21-26(36)28-25(20-18-23-33-28)30-29(27-22-19-24-37-27)34-31(38-30)35-32(2,3)4/h18-20,22-24H,5-17,21H2,1-4H3,(H,34,35). The van der Waals surface area contributed by atoms with E-state index in [-0.39, 0.29) is 11.3 Å². The van der Waals surface area contributed by atoms with Crippen molar-refractivity contribution in [3.05, 3.63) is 42.4 Å². The second-order valence-electron chi connectivity index (χ2n) is 11.4. The molecule has 0 fully saturated rings. The van der Waals surface area contributed by atoms with Crippen LogP contribution in [0.4, 0.5) is 5.13 Å². The van der Waals surface area contributed by atoms with E-state index in [1.807, 2.05) is 24.3 Å². The fourth-order valence-electron chi connectivity index (χ4n) is 4.69. The molecule has 3 rings (SSSR count). The zero-order chi connectivity index (χ0) is 27.2. The summed E-state index contributed by atoms with van der Waals surface area (Å²) in [6, 6.07) is 7.63. The topological polar surface area (TPSA) is 68.0 Å². The van der Waals surface area contributed by atoms with Gasteiger partial charge in [0, 0.05) is 23.7 Å². The van der Waals surface area contributed by atoms with E-state index < -0.39 is 0 Å². The molecule has 0 saturated heterocycles. The first kappa shape index (κ1) is 30.1. The lowest BCUT2D eigenvalue weighted by Crippen LogP contribution is -2.25. The molecule has 5 nitrogen and oxygen atoms in total. The summed E-state index contributed by atoms with van der Waals surface area (Å²) in [5.41, 5.74) is 1.98. The van der Waals surface area contributed by atoms with Gasteiger partial charge in [-0.2, -0.15) is 0 Å². The van der Waals surface area contributed by atoms with Gasteiger partial charge in [0.15, 0.2) is 16.7 Å². The zero-order valence-corrected chi connectivity index (χ0v) is 24.8. The minimum absolute atomic E-state index is 0.104. The number of pyridine rings is 1. The fourth-order valence-corrected chi connectivity index (χ4v) is 5.89. The third-order valence-corrected chi connectivity index (χ3v) is 7.69. The van der Waals surface area contributed by atoms with Crippen molar-refractivity contribution < 1.29 is 9.21 Å². The minimum Gasteiger partial charge on any atom is -0.463 e. The molecule has 3 aromatic rings. The largest absolute Gasteiger partial charge is 0.463 e. The van der Waals surface area contributed by atoms with Crippen LogP contribution in [-0.4, -0.2) is 21.3 Å². The molecule has 3 heterocycles. The monoisotopic (exact) mass is 537 g/mol. The Morgan fingerprint density at radius 1 is 0.895 bits per heavy atom. The summed E-state index contributed by atoms with van der Waals surface area (Å²) in [6.45, 7) is 8.59. The predicted octanol–water partition coefficient (Wildman–Crippen LogP) is 10.3. The van der Waals surface area contributed by atoms with Crippen LogP contribution in [-0.2, 0) is 0 Å². The number of ketones is 1. The first-order chi connectivity index (χ1) is 18.4. The molecule has 0 atom stereocenters. The molecule has 3 aromatic heterocycles. The van der Waals surface area contributed by atoms with Crippen molar-refractivity contribution in [2.24, 2.45) is 0 Å². The number of thiazole rings is 1. The van der Waals surface area contributed by atoms with Crippen molar-refractivity contribution >= 4 is 22.3 Å². The summed E-state index contributed by atoms with van der Waals surface area (Å²) < 4.78 is 5.69. The maximum absolute atomic E-state index is 13.3. The molecule has 0 saturated carbocycles. The van der Waals surface area contributed by atoms with Crippen LogP contribution in [0.15, 0.2) is 41.1 Å². The Hall–Kier alpha value is -2.47. The molecular formula is C32H47N3O2S. The van der Waals surface area contributed by atoms with Gasteiger partial charge in [0.25, 0.3) is 0 Å². The lowest BCUT2D eigenvalue weighted by atomic mass is 10.0. The number of carbonyl (C=O) groups is 1. The van der Waals surface area contributed by atoms with E-state index in [4.69, 9.17) is 9.40 Å². The average molecular weight is 538 g/mol. The number of nitrogens with zero attached hydrogens (tertiary/aromatic N) is 2. The number of anilines is 1. The Kier molecular flexibility index (Phi) is 12.5. The Morgan fingerprint density at radius 3 is 2.11 bits per heavy atom. The highest BCUT2D eigenvalue weighted by Gasteiger charge is 2.23. The molecule has 38 heavy (non-hydrogen) atoms. The van der Waals surface area contributed by atoms with Gasteiger partial charge in [-0.1, -0.05) is 95.3 Å². The Balaban J connectivity index is 1.51. The molecule has 0 amide bonds. The summed E-state index contributed by atoms with van der Waals surface area (Å²) in [6.07, 6.45) is 20.7. The first-order valence-electron chi connectivity index (χ1n) is 14.7. The molecule has 0 aromatic carbocycles. The van der Waals surface area contributed by atoms with Gasteiger partial charge >= 0.3 is 0 Å². The molecule has 0 aliphatic carbocycles. The van der Waals surface area contributed by atoms with Crippen LogP contribution >= 0.6 is 11.3 Å². The number of unbranched alkanes of at least 4 members (excludes halogenated alkanes) is 12. The molecule has 0 bridgehead atoms. The van der Waals surface area contributed by atoms with Crippen molar-refractivity contribution in [2.75, 3.05) is 5.32 Å². The van der Waals surface area contributed by atoms with Gasteiger partial charge in [0.05, 0.1) is 11.1 Å². The average Bonchev–Trinajstić information content (AvgIpc) is 3.56. The number of furan rings is 1. The van der Waals surface area contributed by atoms with Gasteiger partial charge < -0.3 is 9.73 Å². The van der Waals surface area contributed by atoms with E-state index >= 15 is 0 Å². The minimum atomic E-state index is -0.128. The lowest BCUT2D eigenvalue weighted by molar-refractivity contribution is 0.0975. The molecule has 0 spiro atoms. The van der Waals surface area contributed by atoms with Crippen LogP contribution in [0.5, 0.6) is 0 Å². The van der Waals surface area contributed by atoms with Crippen LogP contribution in [0.1, 0.15) is 128 Å². The number of rotatable bonds is 18. The van der Waals surface area contributed by atoms with Gasteiger partial charge in [-0.3, -0.25) is 9.78 Å². The molecule has 1 N–H and O–H groups in total. The second-order valence-corrected chi connectivity index (χ2v) is 12.4. The summed E-state index contributed by atoms with van der Waals surface area (Å²) in [5, 5.41) is 4.27. The van der Waals surface area contributed by atoms with Crippen LogP contribution in [0, 0.1) is 0 Å². The van der Waals surface area contributed by atoms with Crippen molar-refractivity contribution in [2.45, 2.75) is 123 Å². The van der Waals surface area contributed by atoms with E-state index in [1.165, 1.54) is 70.6 Å². The summed E-state index contributed by atoms with van der Waals surface area (Å²) in [4.78, 5) is 23.5. The third-order valence-electron chi connectivity index (χ3n) is 6.69. The maximum atomic E-state index is 13.3. The number of hydrogen-bond acceptors (Lipinski definition) is 6. The Bertz CT molecular complexity index is 1080. The molecule has 208 valence electrons. The zero-order valence-electron chi connectivity index (χ0n) is 24.0. The Labute approximate surface area is 233 Å². The second kappa shape index (κ2) is 15.8. The van der Waals surface area contributed by atoms with E-state index in [9.17, 15) is 4.79 Å². The van der Waals surface area contributed by atoms with Gasteiger partial charge in [0.1, 0.15) is 11.4 Å². The van der Waals surface area contributed by atoms with Crippen molar-refractivity contribution in [1.29, 1.82) is 0 Å². The molecule has 6 heteroatoms. The Morgan fingerprint density at radius 2 is 1.53 bits per heavy atom. The highest BCUT2D eigenvalue weighted by molar-refractivity contribution is 7.19. The van der Waals surface area contributed by atoms with E-state index in [0.29, 0.717) is 17.9 Å². The van der Waals surface area contributed by atoms with Crippen LogP contribution in [0.25, 0.3) is 21.9 Å². The van der Waals surface area contributed by atoms with Gasteiger partial charge in [-0.25, -0.2) is 4.98 Å². The van der Waals surface area contributed by atoms with Gasteiger partial charge in [-0.15, -0.1) is 0 Å². The van der Waals surface area contributed by atoms with Crippen molar-refractivity contribution in [1.82, 2.24) is 9.97 Å². The third kappa shape index (κ3) is 10.0. The van der Waals surface area contributed by atoms with Crippen molar-refractivity contribution in [3.63, 3.8) is 0 Å². The summed E-state index contributed by atoms with van der Waals surface area (Å²) >= 11 is 1.54. The number of carbonyl (C=O) groups excluding carboxylic acids is 1. The number of nitrogens with one attached hydrogen (secondary N) is 1. The SMILES string of the molecule is CCCCCCCCCCCCCCCC(=O)c1ncccc1-c1sc(NC(C)(C)C)nc1-c1ccco1. The molecule has 0 aliphatic heterocycles. The lowest BCUT2D eigenvalue weighted by Gasteiger charge is -2.19. The normalized spacial score (nSPS) is 11.7. The molecule has 0 aliphatic rings. The van der Waals surface area contributed by atoms with Gasteiger partial charge in [0.2, 0.25) is 0 Å². The summed E-state index contributed by atoms with van der Waals surface area (Å²) in [5.74, 6) is 0.796. The molecule has 0 radical (unpaired) electrons. The predicted molar refractivity (Wildman–Crippen MR) is 161 cm³/mol. The van der Waals surface area contributed by atoms with Crippen molar-refractivity contribution in [3.8, 4) is 21.9 Å². The fraction of sp³-hybridized carbons (Fsp3) is 0.594. The van der Waals surface area contributed by atoms with E-state index in [0.717, 1.165) is 34.1 Å². The van der Waals surface area contributed by atoms with Crippen LogP contribution in [0.2, 0.25) is 0 Å². The number of Topliss-reactive ketones (excluding diaryl/α,β-unsaturated/α-hetero) is 1. The highest BCUT2D eigenvalue weighted by Crippen LogP contribution is 2.41. The van der Waals surface area contributed by atoms with Crippen LogP contribution in [0.3, 0.4) is 0 Å². The maximum Gasteiger partial charge on any atom is 0.184 e. The number of hydrogen-bond donors (Lipinski definition) is 1. The van der Waals surface area contributed by atoms with E-state index in [2.05, 4.69) is 38.0 Å². The smallest absolute Gasteiger partial charge is 0.184 e. The van der Waals surface area contributed by atoms with Gasteiger partial charge in [-0.05, 0) is 51.5 Å². The van der Waals surface area contributed by atoms with Crippen LogP contribution < -0.4 is 5.32 Å². The number of aromatic nitrogens is 2.